The van der Waals surface area contributed by atoms with Gasteiger partial charge in [0.2, 0.25) is 0 Å². The normalized spacial score (nSPS) is 18.0. The van der Waals surface area contributed by atoms with Crippen molar-refractivity contribution in [3.63, 3.8) is 0 Å². The topological polar surface area (TPSA) is 32.6 Å². The lowest BCUT2D eigenvalue weighted by molar-refractivity contribution is 0.474. The number of nitrogens with zero attached hydrogens (tertiary/aromatic N) is 1. The quantitative estimate of drug-likeness (QED) is 0.796. The van der Waals surface area contributed by atoms with Crippen molar-refractivity contribution in [2.45, 2.75) is 38.6 Å². The van der Waals surface area contributed by atoms with Crippen molar-refractivity contribution in [3.05, 3.63) is 65.2 Å². The Morgan fingerprint density at radius 1 is 1.00 bits per heavy atom. The number of hydrogen-bond donors (Lipinski definition) is 1. The van der Waals surface area contributed by atoms with Gasteiger partial charge in [0.25, 0.3) is 0 Å². The standard InChI is InChI=1S/C19H21NO/c1-14(15-7-3-2-4-8-15)20-19-10-6-5-9-16-13-17(21)11-12-18(16)19/h2-4,7-8,11-14,21H,5-6,9-10H2,1H3. The van der Waals surface area contributed by atoms with Gasteiger partial charge < -0.3 is 5.11 Å². The molecule has 2 nitrogen and oxygen atoms in total. The average Bonchev–Trinajstić information content (AvgIpc) is 2.70. The summed E-state index contributed by atoms with van der Waals surface area (Å²) in [5, 5.41) is 9.69. The van der Waals surface area contributed by atoms with E-state index in [1.54, 1.807) is 6.07 Å². The van der Waals surface area contributed by atoms with Crippen LogP contribution in [0.1, 0.15) is 48.9 Å². The highest BCUT2D eigenvalue weighted by atomic mass is 16.3. The molecule has 108 valence electrons. The highest BCUT2D eigenvalue weighted by molar-refractivity contribution is 6.02. The summed E-state index contributed by atoms with van der Waals surface area (Å²) >= 11 is 0. The monoisotopic (exact) mass is 279 g/mol. The molecule has 0 fully saturated rings. The zero-order chi connectivity index (χ0) is 14.7. The van der Waals surface area contributed by atoms with Crippen LogP contribution >= 0.6 is 0 Å². The van der Waals surface area contributed by atoms with Gasteiger partial charge >= 0.3 is 0 Å². The predicted molar refractivity (Wildman–Crippen MR) is 87.1 cm³/mol. The second-order valence-corrected chi connectivity index (χ2v) is 5.71. The Kier molecular flexibility index (Phi) is 4.05. The van der Waals surface area contributed by atoms with Gasteiger partial charge in [-0.1, -0.05) is 30.3 Å². The number of hydrogen-bond acceptors (Lipinski definition) is 2. The number of fused-ring (bicyclic) bond motifs is 1. The van der Waals surface area contributed by atoms with Crippen LogP contribution in [0.25, 0.3) is 0 Å². The molecule has 1 unspecified atom stereocenters. The Hall–Kier alpha value is -2.09. The van der Waals surface area contributed by atoms with E-state index in [4.69, 9.17) is 4.99 Å². The van der Waals surface area contributed by atoms with Gasteiger partial charge in [-0.15, -0.1) is 0 Å². The predicted octanol–water partition coefficient (Wildman–Crippen LogP) is 4.67. The molecule has 1 N–H and O–H groups in total. The molecule has 0 spiro atoms. The van der Waals surface area contributed by atoms with E-state index in [2.05, 4.69) is 31.2 Å². The molecule has 0 aliphatic heterocycles. The average molecular weight is 279 g/mol. The molecule has 0 aromatic heterocycles. The van der Waals surface area contributed by atoms with E-state index in [1.165, 1.54) is 22.4 Å². The summed E-state index contributed by atoms with van der Waals surface area (Å²) in [6, 6.07) is 16.3. The first-order valence-electron chi connectivity index (χ1n) is 7.68. The summed E-state index contributed by atoms with van der Waals surface area (Å²) in [4.78, 5) is 4.97. The first kappa shape index (κ1) is 13.9. The molecule has 2 heteroatoms. The fraction of sp³-hybridized carbons (Fsp3) is 0.316. The van der Waals surface area contributed by atoms with Gasteiger partial charge in [0, 0.05) is 5.71 Å². The van der Waals surface area contributed by atoms with Crippen molar-refractivity contribution in [1.82, 2.24) is 0 Å². The van der Waals surface area contributed by atoms with E-state index in [9.17, 15) is 5.11 Å². The summed E-state index contributed by atoms with van der Waals surface area (Å²) in [5.41, 5.74) is 4.87. The zero-order valence-electron chi connectivity index (χ0n) is 12.4. The smallest absolute Gasteiger partial charge is 0.115 e. The van der Waals surface area contributed by atoms with Gasteiger partial charge in [0.1, 0.15) is 5.75 Å². The van der Waals surface area contributed by atoms with Gasteiger partial charge in [-0.25, -0.2) is 0 Å². The fourth-order valence-electron chi connectivity index (χ4n) is 2.98. The minimum Gasteiger partial charge on any atom is -0.508 e. The van der Waals surface area contributed by atoms with Crippen LogP contribution in [0, 0.1) is 0 Å². The number of benzene rings is 2. The molecule has 2 aromatic carbocycles. The highest BCUT2D eigenvalue weighted by Gasteiger charge is 2.15. The molecule has 21 heavy (non-hydrogen) atoms. The van der Waals surface area contributed by atoms with Crippen LogP contribution in [0.5, 0.6) is 5.75 Å². The van der Waals surface area contributed by atoms with E-state index in [0.717, 1.165) is 25.7 Å². The maximum absolute atomic E-state index is 9.69. The summed E-state index contributed by atoms with van der Waals surface area (Å²) in [7, 11) is 0. The number of phenolic OH excluding ortho intramolecular Hbond substituents is 1. The van der Waals surface area contributed by atoms with Gasteiger partial charge in [0.15, 0.2) is 0 Å². The van der Waals surface area contributed by atoms with Crippen LogP contribution in [-0.4, -0.2) is 10.8 Å². The lowest BCUT2D eigenvalue weighted by Crippen LogP contribution is -2.04. The third-order valence-electron chi connectivity index (χ3n) is 4.14. The third kappa shape index (κ3) is 3.15. The van der Waals surface area contributed by atoms with E-state index >= 15 is 0 Å². The van der Waals surface area contributed by atoms with Crippen molar-refractivity contribution in [3.8, 4) is 5.75 Å². The summed E-state index contributed by atoms with van der Waals surface area (Å²) in [5.74, 6) is 0.353. The second-order valence-electron chi connectivity index (χ2n) is 5.71. The second kappa shape index (κ2) is 6.13. The first-order valence-corrected chi connectivity index (χ1v) is 7.68. The lowest BCUT2D eigenvalue weighted by Gasteiger charge is -2.13. The van der Waals surface area contributed by atoms with Crippen molar-refractivity contribution in [2.24, 2.45) is 4.99 Å². The Bertz CT molecular complexity index is 646. The molecule has 0 amide bonds. The van der Waals surface area contributed by atoms with Gasteiger partial charge in [-0.05, 0) is 67.5 Å². The zero-order valence-corrected chi connectivity index (χ0v) is 12.4. The van der Waals surface area contributed by atoms with Crippen molar-refractivity contribution in [1.29, 1.82) is 0 Å². The Morgan fingerprint density at radius 2 is 1.76 bits per heavy atom. The number of rotatable bonds is 2. The van der Waals surface area contributed by atoms with E-state index < -0.39 is 0 Å². The molecule has 0 heterocycles. The maximum Gasteiger partial charge on any atom is 0.115 e. The van der Waals surface area contributed by atoms with Gasteiger partial charge in [-0.2, -0.15) is 0 Å². The molecule has 1 aliphatic rings. The highest BCUT2D eigenvalue weighted by Crippen LogP contribution is 2.27. The molecule has 3 rings (SSSR count). The summed E-state index contributed by atoms with van der Waals surface area (Å²) < 4.78 is 0. The van der Waals surface area contributed by atoms with Crippen molar-refractivity contribution >= 4 is 5.71 Å². The molecule has 1 atom stereocenters. The minimum absolute atomic E-state index is 0.168. The van der Waals surface area contributed by atoms with Gasteiger partial charge in [0.05, 0.1) is 6.04 Å². The first-order chi connectivity index (χ1) is 10.2. The summed E-state index contributed by atoms with van der Waals surface area (Å²) in [6.45, 7) is 2.15. The molecular weight excluding hydrogens is 258 g/mol. The van der Waals surface area contributed by atoms with Gasteiger partial charge in [-0.3, -0.25) is 4.99 Å². The lowest BCUT2D eigenvalue weighted by atomic mass is 10.0. The number of aryl methyl sites for hydroxylation is 1. The van der Waals surface area contributed by atoms with Crippen molar-refractivity contribution < 1.29 is 5.11 Å². The van der Waals surface area contributed by atoms with Crippen LogP contribution < -0.4 is 0 Å². The number of aliphatic imine (C=N–C) groups is 1. The van der Waals surface area contributed by atoms with Crippen LogP contribution in [0.2, 0.25) is 0 Å². The molecule has 0 saturated heterocycles. The maximum atomic E-state index is 9.69. The van der Waals surface area contributed by atoms with Crippen LogP contribution in [-0.2, 0) is 6.42 Å². The molecule has 1 aliphatic carbocycles. The Morgan fingerprint density at radius 3 is 2.57 bits per heavy atom. The molecule has 2 aromatic rings. The summed E-state index contributed by atoms with van der Waals surface area (Å²) in [6.07, 6.45) is 4.38. The number of aromatic hydroxyl groups is 1. The molecule has 0 bridgehead atoms. The molecule has 0 radical (unpaired) electrons. The third-order valence-corrected chi connectivity index (χ3v) is 4.14. The largest absolute Gasteiger partial charge is 0.508 e. The van der Waals surface area contributed by atoms with E-state index in [-0.39, 0.29) is 6.04 Å². The molecular formula is C19H21NO. The minimum atomic E-state index is 0.168. The van der Waals surface area contributed by atoms with Crippen LogP contribution in [0.3, 0.4) is 0 Å². The van der Waals surface area contributed by atoms with Crippen LogP contribution in [0.4, 0.5) is 0 Å². The van der Waals surface area contributed by atoms with Crippen LogP contribution in [0.15, 0.2) is 53.5 Å². The van der Waals surface area contributed by atoms with Crippen molar-refractivity contribution in [2.75, 3.05) is 0 Å². The Balaban J connectivity index is 1.96. The Labute approximate surface area is 126 Å². The van der Waals surface area contributed by atoms with E-state index in [1.807, 2.05) is 18.2 Å². The fourth-order valence-corrected chi connectivity index (χ4v) is 2.98. The van der Waals surface area contributed by atoms with E-state index in [0.29, 0.717) is 5.75 Å². The molecule has 0 saturated carbocycles. The SMILES string of the molecule is CC(N=C1CCCCc2cc(O)ccc21)c1ccccc1. The number of phenols is 1.